The molecule has 0 aromatic heterocycles. The number of benzene rings is 2. The third-order valence-electron chi connectivity index (χ3n) is 3.04. The zero-order chi connectivity index (χ0) is 14.0. The van der Waals surface area contributed by atoms with Crippen molar-refractivity contribution in [3.8, 4) is 0 Å². The van der Waals surface area contributed by atoms with Crippen LogP contribution in [0.1, 0.15) is 27.0 Å². The Bertz CT molecular complexity index is 612. The van der Waals surface area contributed by atoms with E-state index < -0.39 is 0 Å². The summed E-state index contributed by atoms with van der Waals surface area (Å²) in [5, 5.41) is 0. The van der Waals surface area contributed by atoms with E-state index in [2.05, 4.69) is 50.1 Å². The molecule has 0 N–H and O–H groups in total. The van der Waals surface area contributed by atoms with Crippen molar-refractivity contribution in [1.29, 1.82) is 0 Å². The number of ketones is 1. The Morgan fingerprint density at radius 2 is 1.63 bits per heavy atom. The molecule has 0 bridgehead atoms. The standard InChI is InChI=1S/C16H14Br2O/c1-10-3-4-11(2)12(5-10)8-16(19)13-6-14(17)9-15(18)7-13/h3-7,9H,8H2,1-2H3. The fraction of sp³-hybridized carbons (Fsp3) is 0.188. The van der Waals surface area contributed by atoms with Gasteiger partial charge in [0.2, 0.25) is 0 Å². The number of carbonyl (C=O) groups is 1. The number of hydrogen-bond acceptors (Lipinski definition) is 1. The normalized spacial score (nSPS) is 10.5. The molecule has 0 unspecified atom stereocenters. The van der Waals surface area contributed by atoms with Crippen molar-refractivity contribution in [3.63, 3.8) is 0 Å². The first-order valence-corrected chi connectivity index (χ1v) is 7.60. The number of halogens is 2. The van der Waals surface area contributed by atoms with E-state index in [-0.39, 0.29) is 5.78 Å². The molecule has 0 radical (unpaired) electrons. The maximum atomic E-state index is 12.3. The molecule has 2 aromatic rings. The van der Waals surface area contributed by atoms with Crippen LogP contribution in [0.5, 0.6) is 0 Å². The van der Waals surface area contributed by atoms with E-state index in [4.69, 9.17) is 0 Å². The minimum absolute atomic E-state index is 0.135. The van der Waals surface area contributed by atoms with Crippen LogP contribution in [-0.2, 0) is 6.42 Å². The third kappa shape index (κ3) is 3.77. The summed E-state index contributed by atoms with van der Waals surface area (Å²) in [6.45, 7) is 4.09. The molecule has 0 saturated carbocycles. The van der Waals surface area contributed by atoms with Crippen molar-refractivity contribution in [3.05, 3.63) is 67.6 Å². The van der Waals surface area contributed by atoms with Gasteiger partial charge in [-0.15, -0.1) is 0 Å². The molecule has 19 heavy (non-hydrogen) atoms. The van der Waals surface area contributed by atoms with Gasteiger partial charge < -0.3 is 0 Å². The number of hydrogen-bond donors (Lipinski definition) is 0. The summed E-state index contributed by atoms with van der Waals surface area (Å²) in [4.78, 5) is 12.3. The van der Waals surface area contributed by atoms with Gasteiger partial charge in [-0.1, -0.05) is 55.6 Å². The molecule has 0 atom stereocenters. The SMILES string of the molecule is Cc1ccc(C)c(CC(=O)c2cc(Br)cc(Br)c2)c1. The van der Waals surface area contributed by atoms with E-state index >= 15 is 0 Å². The molecule has 0 fully saturated rings. The maximum Gasteiger partial charge on any atom is 0.167 e. The molecule has 0 aliphatic carbocycles. The average molecular weight is 382 g/mol. The van der Waals surface area contributed by atoms with Crippen molar-refractivity contribution in [2.75, 3.05) is 0 Å². The average Bonchev–Trinajstić information content (AvgIpc) is 2.32. The maximum absolute atomic E-state index is 12.3. The van der Waals surface area contributed by atoms with E-state index in [1.54, 1.807) is 0 Å². The minimum atomic E-state index is 0.135. The van der Waals surface area contributed by atoms with Gasteiger partial charge in [0.05, 0.1) is 0 Å². The van der Waals surface area contributed by atoms with Gasteiger partial charge in [-0.2, -0.15) is 0 Å². The smallest absolute Gasteiger partial charge is 0.167 e. The molecule has 2 rings (SSSR count). The van der Waals surface area contributed by atoms with Gasteiger partial charge in [-0.25, -0.2) is 0 Å². The Morgan fingerprint density at radius 3 is 2.26 bits per heavy atom. The van der Waals surface area contributed by atoms with Crippen LogP contribution in [0.2, 0.25) is 0 Å². The lowest BCUT2D eigenvalue weighted by atomic mass is 9.98. The predicted octanol–water partition coefficient (Wildman–Crippen LogP) is 5.25. The molecule has 3 heteroatoms. The Hall–Kier alpha value is -0.930. The molecule has 0 aliphatic rings. The zero-order valence-corrected chi connectivity index (χ0v) is 14.0. The van der Waals surface area contributed by atoms with E-state index in [9.17, 15) is 4.79 Å². The first kappa shape index (κ1) is 14.5. The molecule has 0 saturated heterocycles. The second kappa shape index (κ2) is 6.02. The lowest BCUT2D eigenvalue weighted by Gasteiger charge is -2.07. The highest BCUT2D eigenvalue weighted by Gasteiger charge is 2.10. The first-order chi connectivity index (χ1) is 8.95. The number of carbonyl (C=O) groups excluding carboxylic acids is 1. The molecule has 98 valence electrons. The molecular formula is C16H14Br2O. The summed E-state index contributed by atoms with van der Waals surface area (Å²) >= 11 is 6.82. The summed E-state index contributed by atoms with van der Waals surface area (Å²) in [6.07, 6.45) is 0.441. The Labute approximate surface area is 130 Å². The van der Waals surface area contributed by atoms with Crippen LogP contribution in [0, 0.1) is 13.8 Å². The lowest BCUT2D eigenvalue weighted by molar-refractivity contribution is 0.0992. The van der Waals surface area contributed by atoms with Gasteiger partial charge in [0.1, 0.15) is 0 Å². The van der Waals surface area contributed by atoms with Gasteiger partial charge >= 0.3 is 0 Å². The van der Waals surface area contributed by atoms with Crippen LogP contribution in [0.15, 0.2) is 45.3 Å². The van der Waals surface area contributed by atoms with Gasteiger partial charge in [0, 0.05) is 20.9 Å². The second-order valence-corrected chi connectivity index (χ2v) is 6.52. The summed E-state index contributed by atoms with van der Waals surface area (Å²) in [6, 6.07) is 11.9. The van der Waals surface area contributed by atoms with Crippen LogP contribution in [-0.4, -0.2) is 5.78 Å². The number of aryl methyl sites for hydroxylation is 2. The summed E-state index contributed by atoms with van der Waals surface area (Å²) in [5.74, 6) is 0.135. The molecule has 0 aliphatic heterocycles. The molecule has 1 nitrogen and oxygen atoms in total. The van der Waals surface area contributed by atoms with Crippen LogP contribution in [0.4, 0.5) is 0 Å². The van der Waals surface area contributed by atoms with Crippen molar-refractivity contribution >= 4 is 37.6 Å². The van der Waals surface area contributed by atoms with E-state index in [1.807, 2.05) is 32.0 Å². The molecular weight excluding hydrogens is 368 g/mol. The third-order valence-corrected chi connectivity index (χ3v) is 3.96. The van der Waals surface area contributed by atoms with Crippen molar-refractivity contribution < 1.29 is 4.79 Å². The molecule has 0 heterocycles. The second-order valence-electron chi connectivity index (χ2n) is 4.69. The topological polar surface area (TPSA) is 17.1 Å². The fourth-order valence-electron chi connectivity index (χ4n) is 1.98. The van der Waals surface area contributed by atoms with Crippen LogP contribution < -0.4 is 0 Å². The highest BCUT2D eigenvalue weighted by atomic mass is 79.9. The quantitative estimate of drug-likeness (QED) is 0.663. The highest BCUT2D eigenvalue weighted by molar-refractivity contribution is 9.11. The van der Waals surface area contributed by atoms with Crippen molar-refractivity contribution in [2.24, 2.45) is 0 Å². The summed E-state index contributed by atoms with van der Waals surface area (Å²) in [5.41, 5.74) is 4.17. The van der Waals surface area contributed by atoms with Gasteiger partial charge in [-0.3, -0.25) is 4.79 Å². The highest BCUT2D eigenvalue weighted by Crippen LogP contribution is 2.22. The van der Waals surface area contributed by atoms with Crippen molar-refractivity contribution in [2.45, 2.75) is 20.3 Å². The fourth-order valence-corrected chi connectivity index (χ4v) is 3.27. The number of Topliss-reactive ketones (excluding diaryl/α,β-unsaturated/α-hetero) is 1. The lowest BCUT2D eigenvalue weighted by Crippen LogP contribution is -2.05. The Balaban J connectivity index is 2.28. The first-order valence-electron chi connectivity index (χ1n) is 6.01. The largest absolute Gasteiger partial charge is 0.294 e. The van der Waals surface area contributed by atoms with Gasteiger partial charge in [0.15, 0.2) is 5.78 Å². The predicted molar refractivity (Wildman–Crippen MR) is 85.8 cm³/mol. The van der Waals surface area contributed by atoms with E-state index in [0.717, 1.165) is 25.6 Å². The molecule has 2 aromatic carbocycles. The Kier molecular flexibility index (Phi) is 4.58. The van der Waals surface area contributed by atoms with Crippen LogP contribution in [0.3, 0.4) is 0 Å². The van der Waals surface area contributed by atoms with Crippen LogP contribution >= 0.6 is 31.9 Å². The number of rotatable bonds is 3. The zero-order valence-electron chi connectivity index (χ0n) is 10.8. The molecule has 0 spiro atoms. The monoisotopic (exact) mass is 380 g/mol. The van der Waals surface area contributed by atoms with Crippen molar-refractivity contribution in [1.82, 2.24) is 0 Å². The van der Waals surface area contributed by atoms with Gasteiger partial charge in [0.25, 0.3) is 0 Å². The molecule has 0 amide bonds. The summed E-state index contributed by atoms with van der Waals surface area (Å²) in [7, 11) is 0. The minimum Gasteiger partial charge on any atom is -0.294 e. The Morgan fingerprint density at radius 1 is 1.00 bits per heavy atom. The van der Waals surface area contributed by atoms with Crippen LogP contribution in [0.25, 0.3) is 0 Å². The summed E-state index contributed by atoms with van der Waals surface area (Å²) < 4.78 is 1.82. The van der Waals surface area contributed by atoms with Gasteiger partial charge in [-0.05, 0) is 43.2 Å². The van der Waals surface area contributed by atoms with E-state index in [1.165, 1.54) is 5.56 Å². The van der Waals surface area contributed by atoms with E-state index in [0.29, 0.717) is 6.42 Å².